The van der Waals surface area contributed by atoms with Crippen LogP contribution in [0.25, 0.3) is 21.7 Å². The van der Waals surface area contributed by atoms with E-state index in [-0.39, 0.29) is 29.3 Å². The molecule has 0 saturated heterocycles. The minimum Gasteiger partial charge on any atom is -0.426 e. The third-order valence-electron chi connectivity index (χ3n) is 7.01. The van der Waals surface area contributed by atoms with Gasteiger partial charge in [0.05, 0.1) is 23.8 Å². The minimum absolute atomic E-state index is 0.0319. The number of rotatable bonds is 13. The van der Waals surface area contributed by atoms with Crippen LogP contribution in [-0.2, 0) is 10.0 Å². The van der Waals surface area contributed by atoms with Crippen molar-refractivity contribution in [2.75, 3.05) is 6.54 Å². The van der Waals surface area contributed by atoms with Crippen LogP contribution in [0.4, 0.5) is 0 Å². The van der Waals surface area contributed by atoms with Crippen molar-refractivity contribution < 1.29 is 28.7 Å². The Morgan fingerprint density at radius 2 is 1.57 bits per heavy atom. The van der Waals surface area contributed by atoms with Crippen LogP contribution in [0, 0.1) is 5.92 Å². The van der Waals surface area contributed by atoms with Crippen molar-refractivity contribution in [3.63, 3.8) is 0 Å². The molecule has 1 aromatic heterocycles. The number of aromatic nitrogens is 1. The summed E-state index contributed by atoms with van der Waals surface area (Å²) in [4.78, 5) is 4.19. The van der Waals surface area contributed by atoms with Gasteiger partial charge in [-0.2, -0.15) is 0 Å². The topological polar surface area (TPSA) is 152 Å². The summed E-state index contributed by atoms with van der Waals surface area (Å²) >= 11 is 0. The number of aliphatic hydroxyl groups is 2. The lowest BCUT2D eigenvalue weighted by Gasteiger charge is -2.30. The van der Waals surface area contributed by atoms with Crippen LogP contribution in [0.15, 0.2) is 83.9 Å². The van der Waals surface area contributed by atoms with E-state index in [0.717, 1.165) is 10.8 Å². The third kappa shape index (κ3) is 7.05. The lowest BCUT2D eigenvalue weighted by molar-refractivity contribution is 0.0434. The Morgan fingerprint density at radius 1 is 0.900 bits per heavy atom. The number of pyridine rings is 1. The highest BCUT2D eigenvalue weighted by atomic mass is 32.2. The molecule has 4 atom stereocenters. The summed E-state index contributed by atoms with van der Waals surface area (Å²) in [6, 6.07) is 19.8. The van der Waals surface area contributed by atoms with E-state index in [0.29, 0.717) is 17.4 Å². The molecule has 0 bridgehead atoms. The molecule has 0 fully saturated rings. The molecule has 1 unspecified atom stereocenters. The van der Waals surface area contributed by atoms with Gasteiger partial charge in [0.1, 0.15) is 4.90 Å². The second kappa shape index (κ2) is 13.2. The Morgan fingerprint density at radius 3 is 2.33 bits per heavy atom. The molecular formula is C29H36BN3O6S. The van der Waals surface area contributed by atoms with Gasteiger partial charge in [-0.25, -0.2) is 13.1 Å². The molecule has 4 rings (SSSR count). The number of nitrogens with zero attached hydrogens (tertiary/aromatic N) is 1. The summed E-state index contributed by atoms with van der Waals surface area (Å²) in [5, 5.41) is 47.6. The fraction of sp³-hybridized carbons (Fsp3) is 0.345. The number of fused-ring (bicyclic) bond motifs is 2. The maximum absolute atomic E-state index is 13.7. The van der Waals surface area contributed by atoms with Crippen molar-refractivity contribution in [1.29, 1.82) is 0 Å². The molecule has 0 aliphatic rings. The molecular weight excluding hydrogens is 529 g/mol. The second-order valence-electron chi connectivity index (χ2n) is 10.5. The number of hydrogen-bond donors (Lipinski definition) is 6. The number of para-hydroxylation sites is 1. The highest BCUT2D eigenvalue weighted by Gasteiger charge is 2.34. The molecule has 0 radical (unpaired) electrons. The van der Waals surface area contributed by atoms with Gasteiger partial charge in [0.2, 0.25) is 10.0 Å². The zero-order valence-electron chi connectivity index (χ0n) is 22.6. The first-order valence-corrected chi connectivity index (χ1v) is 14.9. The zero-order chi connectivity index (χ0) is 28.9. The predicted molar refractivity (Wildman–Crippen MR) is 157 cm³/mol. The number of hydrogen-bond acceptors (Lipinski definition) is 8. The van der Waals surface area contributed by atoms with Crippen molar-refractivity contribution in [3.8, 4) is 0 Å². The summed E-state index contributed by atoms with van der Waals surface area (Å²) in [7, 11) is -5.83. The van der Waals surface area contributed by atoms with Gasteiger partial charge in [0.25, 0.3) is 0 Å². The summed E-state index contributed by atoms with van der Waals surface area (Å²) in [5.41, 5.74) is 0.748. The van der Waals surface area contributed by atoms with E-state index in [1.807, 2.05) is 44.2 Å². The molecule has 9 nitrogen and oxygen atoms in total. The number of nitrogens with one attached hydrogen (secondary N) is 2. The normalized spacial score (nSPS) is 15.3. The molecule has 4 aromatic rings. The molecule has 212 valence electrons. The molecule has 0 amide bonds. The smallest absolute Gasteiger partial charge is 0.426 e. The van der Waals surface area contributed by atoms with Gasteiger partial charge in [-0.1, -0.05) is 74.5 Å². The number of benzene rings is 3. The Balaban J connectivity index is 1.66. The number of aliphatic hydroxyl groups excluding tert-OH is 2. The highest BCUT2D eigenvalue weighted by Crippen LogP contribution is 2.30. The van der Waals surface area contributed by atoms with Crippen LogP contribution in [0.1, 0.15) is 38.4 Å². The van der Waals surface area contributed by atoms with E-state index in [4.69, 9.17) is 0 Å². The van der Waals surface area contributed by atoms with Crippen molar-refractivity contribution in [3.05, 3.63) is 84.6 Å². The average molecular weight is 566 g/mol. The highest BCUT2D eigenvalue weighted by molar-refractivity contribution is 7.89. The maximum atomic E-state index is 13.7. The van der Waals surface area contributed by atoms with Crippen LogP contribution >= 0.6 is 0 Å². The Bertz CT molecular complexity index is 1520. The third-order valence-corrected chi connectivity index (χ3v) is 8.50. The molecule has 3 aromatic carbocycles. The van der Waals surface area contributed by atoms with Gasteiger partial charge < -0.3 is 25.6 Å². The van der Waals surface area contributed by atoms with Crippen LogP contribution in [0.3, 0.4) is 0 Å². The van der Waals surface area contributed by atoms with Crippen molar-refractivity contribution >= 4 is 38.8 Å². The second-order valence-corrected chi connectivity index (χ2v) is 12.1. The van der Waals surface area contributed by atoms with E-state index in [2.05, 4.69) is 15.0 Å². The monoisotopic (exact) mass is 565 g/mol. The Hall–Kier alpha value is -2.90. The van der Waals surface area contributed by atoms with Gasteiger partial charge in [-0.3, -0.25) is 4.98 Å². The first-order chi connectivity index (χ1) is 19.1. The maximum Gasteiger partial charge on any atom is 0.469 e. The number of sulfonamides is 1. The molecule has 1 heterocycles. The van der Waals surface area contributed by atoms with E-state index in [1.165, 1.54) is 12.3 Å². The van der Waals surface area contributed by atoms with Crippen LogP contribution < -0.4 is 10.0 Å². The lowest BCUT2D eigenvalue weighted by Crippen LogP contribution is -2.49. The summed E-state index contributed by atoms with van der Waals surface area (Å²) in [5.74, 6) is -0.418. The largest absolute Gasteiger partial charge is 0.469 e. The predicted octanol–water partition coefficient (Wildman–Crippen LogP) is 2.54. The van der Waals surface area contributed by atoms with Crippen molar-refractivity contribution in [2.24, 2.45) is 5.92 Å². The van der Waals surface area contributed by atoms with E-state index in [1.54, 1.807) is 36.4 Å². The first kappa shape index (κ1) is 30.1. The first-order valence-electron chi connectivity index (χ1n) is 13.4. The van der Waals surface area contributed by atoms with Crippen molar-refractivity contribution in [2.45, 2.75) is 55.8 Å². The summed E-state index contributed by atoms with van der Waals surface area (Å²) in [6.45, 7) is 4.07. The quantitative estimate of drug-likeness (QED) is 0.135. The minimum atomic E-state index is -4.24. The summed E-state index contributed by atoms with van der Waals surface area (Å²) in [6.07, 6.45) is -0.683. The SMILES string of the molecule is CC(C)C[C@H](NCC[C@H](O)C(NS(=O)(=O)c1cccc2cccnc12)[C@H](O)c1cccc2ccccc12)B(O)O. The zero-order valence-corrected chi connectivity index (χ0v) is 23.4. The lowest BCUT2D eigenvalue weighted by atomic mass is 9.75. The van der Waals surface area contributed by atoms with E-state index >= 15 is 0 Å². The molecule has 0 spiro atoms. The van der Waals surface area contributed by atoms with Gasteiger partial charge in [-0.05, 0) is 53.8 Å². The van der Waals surface area contributed by atoms with Crippen LogP contribution in [0.2, 0.25) is 0 Å². The molecule has 0 aliphatic carbocycles. The van der Waals surface area contributed by atoms with Gasteiger partial charge in [-0.15, -0.1) is 0 Å². The standard InChI is InChI=1S/C29H36BN3O6S/c1-19(2)18-26(30(36)37)31-17-15-24(34)28(29(35)23-13-5-9-20-8-3-4-12-22(20)23)33-40(38,39)25-14-6-10-21-11-7-16-32-27(21)25/h3-14,16,19,24,26,28-29,31,33-37H,15,17-18H2,1-2H3/t24-,26-,28?,29+/m0/s1. The fourth-order valence-electron chi connectivity index (χ4n) is 5.01. The Kier molecular flexibility index (Phi) is 9.91. The summed E-state index contributed by atoms with van der Waals surface area (Å²) < 4.78 is 30.0. The molecule has 0 saturated carbocycles. The van der Waals surface area contributed by atoms with Crippen LogP contribution in [0.5, 0.6) is 0 Å². The van der Waals surface area contributed by atoms with Crippen LogP contribution in [-0.4, -0.2) is 65.4 Å². The molecule has 6 N–H and O–H groups in total. The molecule has 11 heteroatoms. The molecule has 0 aliphatic heterocycles. The van der Waals surface area contributed by atoms with E-state index in [9.17, 15) is 28.7 Å². The van der Waals surface area contributed by atoms with Crippen molar-refractivity contribution in [1.82, 2.24) is 15.0 Å². The fourth-order valence-corrected chi connectivity index (χ4v) is 6.46. The molecule has 40 heavy (non-hydrogen) atoms. The van der Waals surface area contributed by atoms with E-state index < -0.39 is 41.3 Å². The van der Waals surface area contributed by atoms with Gasteiger partial charge in [0.15, 0.2) is 0 Å². The average Bonchev–Trinajstić information content (AvgIpc) is 2.94. The Labute approximate surface area is 235 Å². The van der Waals surface area contributed by atoms with Gasteiger partial charge in [0, 0.05) is 17.5 Å². The van der Waals surface area contributed by atoms with Gasteiger partial charge >= 0.3 is 7.12 Å².